The number of aromatic nitrogens is 2. The Kier molecular flexibility index (Phi) is 5.38. The van der Waals surface area contributed by atoms with Gasteiger partial charge in [0, 0.05) is 25.7 Å². The number of likely N-dealkylation sites (tertiary alicyclic amines) is 1. The minimum atomic E-state index is -0.281. The number of amides is 2. The maximum atomic E-state index is 12.2. The van der Waals surface area contributed by atoms with Gasteiger partial charge in [-0.2, -0.15) is 0 Å². The zero-order chi connectivity index (χ0) is 17.6. The highest BCUT2D eigenvalue weighted by molar-refractivity contribution is 5.93. The van der Waals surface area contributed by atoms with Gasteiger partial charge in [-0.05, 0) is 25.3 Å². The van der Waals surface area contributed by atoms with Crippen molar-refractivity contribution in [2.24, 2.45) is 0 Å². The molecule has 6 nitrogen and oxygen atoms in total. The van der Waals surface area contributed by atoms with Crippen LogP contribution in [0.15, 0.2) is 42.7 Å². The number of hydrogen-bond acceptors (Lipinski definition) is 4. The number of nitrogens with zero attached hydrogens (tertiary/aromatic N) is 3. The van der Waals surface area contributed by atoms with Crippen LogP contribution in [0.3, 0.4) is 0 Å². The minimum Gasteiger partial charge on any atom is -0.346 e. The highest BCUT2D eigenvalue weighted by Gasteiger charge is 2.30. The van der Waals surface area contributed by atoms with Crippen LogP contribution in [0.5, 0.6) is 0 Å². The van der Waals surface area contributed by atoms with Crippen molar-refractivity contribution in [3.05, 3.63) is 59.7 Å². The molecule has 3 rings (SSSR count). The largest absolute Gasteiger partial charge is 0.346 e. The molecule has 0 aliphatic carbocycles. The summed E-state index contributed by atoms with van der Waals surface area (Å²) >= 11 is 0. The molecule has 130 valence electrons. The summed E-state index contributed by atoms with van der Waals surface area (Å²) in [6, 6.07) is 10.1. The summed E-state index contributed by atoms with van der Waals surface area (Å²) < 4.78 is 0. The Labute approximate surface area is 147 Å². The molecular formula is C19H22N4O2. The predicted octanol–water partition coefficient (Wildman–Crippen LogP) is 1.75. The van der Waals surface area contributed by atoms with Crippen molar-refractivity contribution in [2.45, 2.75) is 32.2 Å². The van der Waals surface area contributed by atoms with Gasteiger partial charge in [0.15, 0.2) is 0 Å². The smallest absolute Gasteiger partial charge is 0.271 e. The van der Waals surface area contributed by atoms with Gasteiger partial charge in [-0.25, -0.2) is 4.98 Å². The number of rotatable bonds is 6. The average Bonchev–Trinajstić information content (AvgIpc) is 2.96. The SMILES string of the molecule is Cc1cnc(C(=O)NC2CC(=O)N(CCCc3ccccc3)C2)cn1. The maximum Gasteiger partial charge on any atom is 0.271 e. The van der Waals surface area contributed by atoms with E-state index >= 15 is 0 Å². The quantitative estimate of drug-likeness (QED) is 0.871. The fourth-order valence-corrected chi connectivity index (χ4v) is 2.97. The molecule has 1 aromatic heterocycles. The van der Waals surface area contributed by atoms with Crippen LogP contribution in [-0.4, -0.2) is 45.8 Å². The number of carbonyl (C=O) groups excluding carboxylic acids is 2. The van der Waals surface area contributed by atoms with Gasteiger partial charge in [-0.3, -0.25) is 14.6 Å². The van der Waals surface area contributed by atoms with Crippen molar-refractivity contribution < 1.29 is 9.59 Å². The summed E-state index contributed by atoms with van der Waals surface area (Å²) in [7, 11) is 0. The average molecular weight is 338 g/mol. The number of carbonyl (C=O) groups is 2. The lowest BCUT2D eigenvalue weighted by molar-refractivity contribution is -0.127. The van der Waals surface area contributed by atoms with E-state index < -0.39 is 0 Å². The molecule has 2 heterocycles. The minimum absolute atomic E-state index is 0.0911. The van der Waals surface area contributed by atoms with E-state index in [-0.39, 0.29) is 23.6 Å². The Balaban J connectivity index is 1.47. The van der Waals surface area contributed by atoms with E-state index in [0.29, 0.717) is 19.5 Å². The van der Waals surface area contributed by atoms with Crippen molar-refractivity contribution in [1.29, 1.82) is 0 Å². The lowest BCUT2D eigenvalue weighted by atomic mass is 10.1. The van der Waals surface area contributed by atoms with Crippen LogP contribution in [0, 0.1) is 6.92 Å². The molecule has 1 aliphatic heterocycles. The van der Waals surface area contributed by atoms with E-state index in [9.17, 15) is 9.59 Å². The summed E-state index contributed by atoms with van der Waals surface area (Å²) in [4.78, 5) is 34.3. The summed E-state index contributed by atoms with van der Waals surface area (Å²) in [5, 5.41) is 2.88. The Hall–Kier alpha value is -2.76. The van der Waals surface area contributed by atoms with Crippen LogP contribution in [0.1, 0.15) is 34.6 Å². The summed E-state index contributed by atoms with van der Waals surface area (Å²) in [5.41, 5.74) is 2.31. The zero-order valence-corrected chi connectivity index (χ0v) is 14.3. The molecule has 2 amide bonds. The highest BCUT2D eigenvalue weighted by atomic mass is 16.2. The van der Waals surface area contributed by atoms with Crippen LogP contribution < -0.4 is 5.32 Å². The molecule has 0 saturated carbocycles. The lowest BCUT2D eigenvalue weighted by Gasteiger charge is -2.17. The second kappa shape index (κ2) is 7.88. The molecule has 1 saturated heterocycles. The Morgan fingerprint density at radius 2 is 2.04 bits per heavy atom. The third kappa shape index (κ3) is 4.62. The molecule has 0 bridgehead atoms. The number of benzene rings is 1. The Morgan fingerprint density at radius 3 is 2.76 bits per heavy atom. The van der Waals surface area contributed by atoms with Crippen LogP contribution in [0.25, 0.3) is 0 Å². The fourth-order valence-electron chi connectivity index (χ4n) is 2.97. The zero-order valence-electron chi connectivity index (χ0n) is 14.3. The normalized spacial score (nSPS) is 16.9. The fraction of sp³-hybridized carbons (Fsp3) is 0.368. The summed E-state index contributed by atoms with van der Waals surface area (Å²) in [6.45, 7) is 3.08. The molecular weight excluding hydrogens is 316 g/mol. The molecule has 25 heavy (non-hydrogen) atoms. The van der Waals surface area contributed by atoms with Crippen molar-refractivity contribution in [3.63, 3.8) is 0 Å². The maximum absolute atomic E-state index is 12.2. The van der Waals surface area contributed by atoms with E-state index in [2.05, 4.69) is 27.4 Å². The van der Waals surface area contributed by atoms with Crippen molar-refractivity contribution in [2.75, 3.05) is 13.1 Å². The lowest BCUT2D eigenvalue weighted by Crippen LogP contribution is -2.37. The van der Waals surface area contributed by atoms with Gasteiger partial charge in [0.25, 0.3) is 5.91 Å². The molecule has 6 heteroatoms. The molecule has 2 aromatic rings. The molecule has 1 atom stereocenters. The van der Waals surface area contributed by atoms with Crippen LogP contribution in [0.4, 0.5) is 0 Å². The van der Waals surface area contributed by atoms with E-state index in [0.717, 1.165) is 18.5 Å². The van der Waals surface area contributed by atoms with Gasteiger partial charge in [0.1, 0.15) is 5.69 Å². The molecule has 1 unspecified atom stereocenters. The second-order valence-electron chi connectivity index (χ2n) is 6.35. The number of nitrogens with one attached hydrogen (secondary N) is 1. The topological polar surface area (TPSA) is 75.2 Å². The third-order valence-corrected chi connectivity index (χ3v) is 4.30. The van der Waals surface area contributed by atoms with Gasteiger partial charge in [0.05, 0.1) is 17.9 Å². The molecule has 1 aromatic carbocycles. The second-order valence-corrected chi connectivity index (χ2v) is 6.35. The first kappa shape index (κ1) is 17.1. The number of aryl methyl sites for hydroxylation is 2. The van der Waals surface area contributed by atoms with E-state index in [1.165, 1.54) is 11.8 Å². The van der Waals surface area contributed by atoms with E-state index in [4.69, 9.17) is 0 Å². The van der Waals surface area contributed by atoms with E-state index in [1.807, 2.05) is 30.0 Å². The van der Waals surface area contributed by atoms with Gasteiger partial charge >= 0.3 is 0 Å². The van der Waals surface area contributed by atoms with Gasteiger partial charge in [-0.15, -0.1) is 0 Å². The van der Waals surface area contributed by atoms with Crippen LogP contribution in [0.2, 0.25) is 0 Å². The highest BCUT2D eigenvalue weighted by Crippen LogP contribution is 2.13. The Bertz CT molecular complexity index is 731. The molecule has 1 N–H and O–H groups in total. The summed E-state index contributed by atoms with van der Waals surface area (Å²) in [6.07, 6.45) is 5.22. The third-order valence-electron chi connectivity index (χ3n) is 4.30. The van der Waals surface area contributed by atoms with Crippen LogP contribution >= 0.6 is 0 Å². The monoisotopic (exact) mass is 338 g/mol. The first-order valence-corrected chi connectivity index (χ1v) is 8.53. The Morgan fingerprint density at radius 1 is 1.24 bits per heavy atom. The van der Waals surface area contributed by atoms with Crippen molar-refractivity contribution >= 4 is 11.8 Å². The van der Waals surface area contributed by atoms with Gasteiger partial charge in [-0.1, -0.05) is 30.3 Å². The first-order chi connectivity index (χ1) is 12.1. The molecule has 0 spiro atoms. The first-order valence-electron chi connectivity index (χ1n) is 8.53. The molecule has 1 fully saturated rings. The van der Waals surface area contributed by atoms with Gasteiger partial charge < -0.3 is 10.2 Å². The van der Waals surface area contributed by atoms with Gasteiger partial charge in [0.2, 0.25) is 5.91 Å². The molecule has 0 radical (unpaired) electrons. The summed E-state index contributed by atoms with van der Waals surface area (Å²) in [5.74, 6) is -0.190. The number of hydrogen-bond donors (Lipinski definition) is 1. The van der Waals surface area contributed by atoms with E-state index in [1.54, 1.807) is 6.20 Å². The predicted molar refractivity (Wildman–Crippen MR) is 94.0 cm³/mol. The van der Waals surface area contributed by atoms with Crippen molar-refractivity contribution in [1.82, 2.24) is 20.2 Å². The standard InChI is InChI=1S/C19H22N4O2/c1-14-11-21-17(12-20-14)19(25)22-16-10-18(24)23(13-16)9-5-8-15-6-3-2-4-7-15/h2-4,6-7,11-12,16H,5,8-10,13H2,1H3,(H,22,25). The molecule has 1 aliphatic rings. The van der Waals surface area contributed by atoms with Crippen LogP contribution in [-0.2, 0) is 11.2 Å². The van der Waals surface area contributed by atoms with Crippen molar-refractivity contribution in [3.8, 4) is 0 Å².